The minimum absolute atomic E-state index is 0.0387. The van der Waals surface area contributed by atoms with Crippen LogP contribution in [0.5, 0.6) is 0 Å². The van der Waals surface area contributed by atoms with E-state index in [9.17, 15) is 4.79 Å². The Labute approximate surface area is 97.9 Å². The Morgan fingerprint density at radius 3 is 2.93 bits per heavy atom. The standard InChI is InChI=1S/C11H14BrNO2/c1-8-3-4-9(12)10(7-8)13-11(14)5-6-15-2/h3-4,7H,5-6H2,1-2H3,(H,13,14). The summed E-state index contributed by atoms with van der Waals surface area (Å²) in [7, 11) is 1.58. The quantitative estimate of drug-likeness (QED) is 0.915. The van der Waals surface area contributed by atoms with Crippen LogP contribution in [-0.2, 0) is 9.53 Å². The molecular weight excluding hydrogens is 258 g/mol. The van der Waals surface area contributed by atoms with Crippen LogP contribution in [0.25, 0.3) is 0 Å². The molecule has 0 unspecified atom stereocenters. The highest BCUT2D eigenvalue weighted by Gasteiger charge is 2.05. The number of aryl methyl sites for hydroxylation is 1. The van der Waals surface area contributed by atoms with Gasteiger partial charge in [-0.3, -0.25) is 4.79 Å². The molecule has 1 aromatic rings. The van der Waals surface area contributed by atoms with Crippen LogP contribution in [0.2, 0.25) is 0 Å². The van der Waals surface area contributed by atoms with Gasteiger partial charge in [-0.25, -0.2) is 0 Å². The average Bonchev–Trinajstić information content (AvgIpc) is 2.20. The van der Waals surface area contributed by atoms with Crippen LogP contribution in [0.1, 0.15) is 12.0 Å². The van der Waals surface area contributed by atoms with Crippen molar-refractivity contribution in [3.8, 4) is 0 Å². The highest BCUT2D eigenvalue weighted by molar-refractivity contribution is 9.10. The van der Waals surface area contributed by atoms with E-state index in [-0.39, 0.29) is 5.91 Å². The molecule has 0 spiro atoms. The zero-order valence-corrected chi connectivity index (χ0v) is 10.4. The first-order chi connectivity index (χ1) is 7.13. The van der Waals surface area contributed by atoms with Crippen molar-refractivity contribution in [3.63, 3.8) is 0 Å². The SMILES string of the molecule is COCCC(=O)Nc1cc(C)ccc1Br. The lowest BCUT2D eigenvalue weighted by atomic mass is 10.2. The molecule has 1 amide bonds. The van der Waals surface area contributed by atoms with E-state index in [1.807, 2.05) is 25.1 Å². The number of anilines is 1. The van der Waals surface area contributed by atoms with Gasteiger partial charge >= 0.3 is 0 Å². The molecule has 3 nitrogen and oxygen atoms in total. The number of benzene rings is 1. The van der Waals surface area contributed by atoms with Gasteiger partial charge < -0.3 is 10.1 Å². The molecule has 0 aliphatic rings. The van der Waals surface area contributed by atoms with Crippen molar-refractivity contribution in [2.75, 3.05) is 19.0 Å². The van der Waals surface area contributed by atoms with E-state index >= 15 is 0 Å². The Kier molecular flexibility index (Phi) is 4.78. The third-order valence-electron chi connectivity index (χ3n) is 1.93. The summed E-state index contributed by atoms with van der Waals surface area (Å²) in [5, 5.41) is 2.82. The number of rotatable bonds is 4. The Morgan fingerprint density at radius 2 is 2.27 bits per heavy atom. The van der Waals surface area contributed by atoms with E-state index in [0.29, 0.717) is 13.0 Å². The lowest BCUT2D eigenvalue weighted by molar-refractivity contribution is -0.117. The summed E-state index contributed by atoms with van der Waals surface area (Å²) in [4.78, 5) is 11.4. The van der Waals surface area contributed by atoms with Crippen LogP contribution in [0, 0.1) is 6.92 Å². The van der Waals surface area contributed by atoms with Crippen molar-refractivity contribution in [1.82, 2.24) is 0 Å². The first kappa shape index (κ1) is 12.2. The maximum Gasteiger partial charge on any atom is 0.226 e. The summed E-state index contributed by atoms with van der Waals surface area (Å²) in [5.74, 6) is -0.0387. The van der Waals surface area contributed by atoms with E-state index < -0.39 is 0 Å². The van der Waals surface area contributed by atoms with Gasteiger partial charge in [-0.15, -0.1) is 0 Å². The zero-order chi connectivity index (χ0) is 11.3. The number of hydrogen-bond acceptors (Lipinski definition) is 2. The molecular formula is C11H14BrNO2. The van der Waals surface area contributed by atoms with Crippen molar-refractivity contribution in [2.24, 2.45) is 0 Å². The number of carbonyl (C=O) groups is 1. The van der Waals surface area contributed by atoms with Crippen LogP contribution in [0.3, 0.4) is 0 Å². The molecule has 0 radical (unpaired) electrons. The van der Waals surface area contributed by atoms with Crippen LogP contribution < -0.4 is 5.32 Å². The fourth-order valence-electron chi connectivity index (χ4n) is 1.14. The Balaban J connectivity index is 2.63. The van der Waals surface area contributed by atoms with Crippen molar-refractivity contribution >= 4 is 27.5 Å². The van der Waals surface area contributed by atoms with Gasteiger partial charge in [0.2, 0.25) is 5.91 Å². The molecule has 4 heteroatoms. The summed E-state index contributed by atoms with van der Waals surface area (Å²) in [6.45, 7) is 2.42. The Bertz CT molecular complexity index is 352. The fourth-order valence-corrected chi connectivity index (χ4v) is 1.49. The van der Waals surface area contributed by atoms with Crippen molar-refractivity contribution in [2.45, 2.75) is 13.3 Å². The second-order valence-corrected chi connectivity index (χ2v) is 4.13. The van der Waals surface area contributed by atoms with Gasteiger partial charge in [-0.1, -0.05) is 6.07 Å². The van der Waals surface area contributed by atoms with Crippen LogP contribution in [0.4, 0.5) is 5.69 Å². The van der Waals surface area contributed by atoms with Gasteiger partial charge in [0, 0.05) is 11.6 Å². The fraction of sp³-hybridized carbons (Fsp3) is 0.364. The predicted molar refractivity (Wildman–Crippen MR) is 64.0 cm³/mol. The molecule has 0 aliphatic carbocycles. The van der Waals surface area contributed by atoms with Gasteiger partial charge in [0.15, 0.2) is 0 Å². The molecule has 0 atom stereocenters. The van der Waals surface area contributed by atoms with E-state index in [1.54, 1.807) is 7.11 Å². The predicted octanol–water partition coefficient (Wildman–Crippen LogP) is 2.73. The Morgan fingerprint density at radius 1 is 1.53 bits per heavy atom. The van der Waals surface area contributed by atoms with Gasteiger partial charge in [0.25, 0.3) is 0 Å². The summed E-state index contributed by atoms with van der Waals surface area (Å²) in [6.07, 6.45) is 0.372. The van der Waals surface area contributed by atoms with E-state index in [1.165, 1.54) is 0 Å². The molecule has 0 fully saturated rings. The molecule has 0 saturated carbocycles. The minimum atomic E-state index is -0.0387. The maximum atomic E-state index is 11.4. The summed E-state index contributed by atoms with van der Waals surface area (Å²) in [6, 6.07) is 5.82. The van der Waals surface area contributed by atoms with E-state index in [0.717, 1.165) is 15.7 Å². The molecule has 82 valence electrons. The van der Waals surface area contributed by atoms with E-state index in [2.05, 4.69) is 21.2 Å². The van der Waals surface area contributed by atoms with Gasteiger partial charge in [-0.2, -0.15) is 0 Å². The highest BCUT2D eigenvalue weighted by atomic mass is 79.9. The third-order valence-corrected chi connectivity index (χ3v) is 2.62. The lowest BCUT2D eigenvalue weighted by Crippen LogP contribution is -2.13. The van der Waals surface area contributed by atoms with Gasteiger partial charge in [0.1, 0.15) is 0 Å². The van der Waals surface area contributed by atoms with Crippen molar-refractivity contribution < 1.29 is 9.53 Å². The van der Waals surface area contributed by atoms with Crippen LogP contribution in [-0.4, -0.2) is 19.6 Å². The first-order valence-electron chi connectivity index (χ1n) is 4.68. The molecule has 1 N–H and O–H groups in total. The lowest BCUT2D eigenvalue weighted by Gasteiger charge is -2.07. The largest absolute Gasteiger partial charge is 0.384 e. The topological polar surface area (TPSA) is 38.3 Å². The number of hydrogen-bond donors (Lipinski definition) is 1. The molecule has 1 rings (SSSR count). The van der Waals surface area contributed by atoms with Crippen LogP contribution >= 0.6 is 15.9 Å². The normalized spacial score (nSPS) is 10.1. The van der Waals surface area contributed by atoms with Crippen molar-refractivity contribution in [1.29, 1.82) is 0 Å². The molecule has 0 saturated heterocycles. The monoisotopic (exact) mass is 271 g/mol. The molecule has 0 heterocycles. The molecule has 0 aliphatic heterocycles. The van der Waals surface area contributed by atoms with Crippen LogP contribution in [0.15, 0.2) is 22.7 Å². The van der Waals surface area contributed by atoms with E-state index in [4.69, 9.17) is 4.74 Å². The van der Waals surface area contributed by atoms with Gasteiger partial charge in [-0.05, 0) is 40.5 Å². The van der Waals surface area contributed by atoms with Gasteiger partial charge in [0.05, 0.1) is 18.7 Å². The number of amides is 1. The summed E-state index contributed by atoms with van der Waals surface area (Å²) in [5.41, 5.74) is 1.91. The number of carbonyl (C=O) groups excluding carboxylic acids is 1. The number of ether oxygens (including phenoxy) is 1. The second kappa shape index (κ2) is 5.88. The smallest absolute Gasteiger partial charge is 0.226 e. The molecule has 1 aromatic carbocycles. The Hall–Kier alpha value is -0.870. The zero-order valence-electron chi connectivity index (χ0n) is 8.84. The minimum Gasteiger partial charge on any atom is -0.384 e. The highest BCUT2D eigenvalue weighted by Crippen LogP contribution is 2.23. The number of methoxy groups -OCH3 is 1. The first-order valence-corrected chi connectivity index (χ1v) is 5.47. The average molecular weight is 272 g/mol. The summed E-state index contributed by atoms with van der Waals surface area (Å²) >= 11 is 3.38. The second-order valence-electron chi connectivity index (χ2n) is 3.27. The molecule has 15 heavy (non-hydrogen) atoms. The maximum absolute atomic E-state index is 11.4. The van der Waals surface area contributed by atoms with Crippen molar-refractivity contribution in [3.05, 3.63) is 28.2 Å². The third kappa shape index (κ3) is 4.01. The number of halogens is 1. The molecule has 0 aromatic heterocycles. The summed E-state index contributed by atoms with van der Waals surface area (Å²) < 4.78 is 5.72. The molecule has 0 bridgehead atoms. The number of nitrogens with one attached hydrogen (secondary N) is 1.